The van der Waals surface area contributed by atoms with Gasteiger partial charge in [-0.3, -0.25) is 10.0 Å². The maximum atomic E-state index is 10.2. The molecule has 0 aromatic carbocycles. The first-order valence-corrected chi connectivity index (χ1v) is 2.22. The van der Waals surface area contributed by atoms with Crippen molar-refractivity contribution in [2.45, 2.75) is 6.92 Å². The lowest BCUT2D eigenvalue weighted by molar-refractivity contribution is -0.195. The molecular weight excluding hydrogens is 94.0 g/mol. The second-order valence-corrected chi connectivity index (χ2v) is 1.82. The lowest BCUT2D eigenvalue weighted by atomic mass is 10.1. The minimum atomic E-state index is -0.167. The Morgan fingerprint density at radius 2 is 2.57 bits per heavy atom. The van der Waals surface area contributed by atoms with Crippen molar-refractivity contribution >= 4 is 5.91 Å². The number of hydrogen-bond acceptors (Lipinski definition) is 2. The zero-order chi connectivity index (χ0) is 5.44. The lowest BCUT2D eigenvalue weighted by Gasteiger charge is -2.29. The van der Waals surface area contributed by atoms with Crippen molar-refractivity contribution < 1.29 is 10.0 Å². The normalized spacial score (nSPS) is 30.3. The molecule has 1 N–H and O–H groups in total. The van der Waals surface area contributed by atoms with E-state index in [1.807, 2.05) is 0 Å². The fourth-order valence-electron chi connectivity index (χ4n) is 0.569. The van der Waals surface area contributed by atoms with Gasteiger partial charge in [0, 0.05) is 0 Å². The van der Waals surface area contributed by atoms with Gasteiger partial charge in [-0.15, -0.1) is 0 Å². The van der Waals surface area contributed by atoms with Gasteiger partial charge in [0.2, 0.25) is 0 Å². The molecule has 1 atom stereocenters. The standard InChI is InChI=1S/C4H7NO2/c1-3-2-5(7)4(3)6/h3,7H,2H2,1H3. The Morgan fingerprint density at radius 1 is 2.00 bits per heavy atom. The second kappa shape index (κ2) is 1.20. The average molecular weight is 101 g/mol. The molecule has 1 rings (SSSR count). The van der Waals surface area contributed by atoms with Gasteiger partial charge in [0.1, 0.15) is 0 Å². The maximum Gasteiger partial charge on any atom is 0.250 e. The van der Waals surface area contributed by atoms with E-state index in [4.69, 9.17) is 5.21 Å². The van der Waals surface area contributed by atoms with Crippen molar-refractivity contribution in [2.24, 2.45) is 5.92 Å². The van der Waals surface area contributed by atoms with Crippen LogP contribution in [0.15, 0.2) is 0 Å². The third-order valence-electron chi connectivity index (χ3n) is 1.12. The van der Waals surface area contributed by atoms with Gasteiger partial charge >= 0.3 is 0 Å². The average Bonchev–Trinajstić information content (AvgIpc) is 1.68. The summed E-state index contributed by atoms with van der Waals surface area (Å²) < 4.78 is 0. The molecule has 1 heterocycles. The van der Waals surface area contributed by atoms with E-state index in [0.717, 1.165) is 5.06 Å². The van der Waals surface area contributed by atoms with Crippen LogP contribution in [0.4, 0.5) is 0 Å². The number of rotatable bonds is 0. The zero-order valence-electron chi connectivity index (χ0n) is 4.09. The minimum absolute atomic E-state index is 0.0463. The summed E-state index contributed by atoms with van der Waals surface area (Å²) >= 11 is 0. The van der Waals surface area contributed by atoms with Gasteiger partial charge in [-0.2, -0.15) is 0 Å². The molecule has 0 aromatic heterocycles. The summed E-state index contributed by atoms with van der Waals surface area (Å²) in [6.07, 6.45) is 0. The summed E-state index contributed by atoms with van der Waals surface area (Å²) in [6.45, 7) is 2.29. The van der Waals surface area contributed by atoms with Crippen molar-refractivity contribution in [3.63, 3.8) is 0 Å². The molecule has 1 unspecified atom stereocenters. The molecule has 0 bridgehead atoms. The van der Waals surface area contributed by atoms with Crippen molar-refractivity contribution in [3.05, 3.63) is 0 Å². The van der Waals surface area contributed by atoms with Crippen molar-refractivity contribution in [1.29, 1.82) is 0 Å². The van der Waals surface area contributed by atoms with E-state index >= 15 is 0 Å². The highest BCUT2D eigenvalue weighted by molar-refractivity contribution is 5.82. The number of amides is 1. The number of β-lactam (4-membered cyclic amide) rings is 1. The van der Waals surface area contributed by atoms with Gasteiger partial charge in [-0.05, 0) is 0 Å². The quantitative estimate of drug-likeness (QED) is 0.340. The van der Waals surface area contributed by atoms with E-state index in [9.17, 15) is 4.79 Å². The van der Waals surface area contributed by atoms with Crippen LogP contribution in [0.5, 0.6) is 0 Å². The fraction of sp³-hybridized carbons (Fsp3) is 0.750. The Morgan fingerprint density at radius 3 is 2.57 bits per heavy atom. The molecule has 0 aliphatic carbocycles. The highest BCUT2D eigenvalue weighted by Crippen LogP contribution is 2.11. The predicted molar refractivity (Wildman–Crippen MR) is 22.7 cm³/mol. The van der Waals surface area contributed by atoms with Crippen LogP contribution in [0.1, 0.15) is 6.92 Å². The first kappa shape index (κ1) is 4.59. The number of carbonyl (C=O) groups excluding carboxylic acids is 1. The fourth-order valence-corrected chi connectivity index (χ4v) is 0.569. The van der Waals surface area contributed by atoms with Crippen molar-refractivity contribution in [3.8, 4) is 0 Å². The summed E-state index contributed by atoms with van der Waals surface area (Å²) in [4.78, 5) is 10.2. The molecule has 1 fully saturated rings. The summed E-state index contributed by atoms with van der Waals surface area (Å²) in [6, 6.07) is 0. The smallest absolute Gasteiger partial charge is 0.250 e. The molecule has 3 nitrogen and oxygen atoms in total. The topological polar surface area (TPSA) is 40.5 Å². The molecule has 0 spiro atoms. The van der Waals surface area contributed by atoms with Gasteiger partial charge in [-0.1, -0.05) is 6.92 Å². The molecule has 0 radical (unpaired) electrons. The van der Waals surface area contributed by atoms with Crippen LogP contribution >= 0.6 is 0 Å². The Hall–Kier alpha value is -0.570. The Balaban J connectivity index is 2.44. The first-order chi connectivity index (χ1) is 3.22. The van der Waals surface area contributed by atoms with E-state index in [2.05, 4.69) is 0 Å². The maximum absolute atomic E-state index is 10.2. The Kier molecular flexibility index (Phi) is 0.785. The van der Waals surface area contributed by atoms with Crippen LogP contribution in [-0.2, 0) is 4.79 Å². The molecule has 0 saturated carbocycles. The van der Waals surface area contributed by atoms with E-state index in [1.54, 1.807) is 6.92 Å². The van der Waals surface area contributed by atoms with Gasteiger partial charge in [0.15, 0.2) is 0 Å². The van der Waals surface area contributed by atoms with E-state index in [1.165, 1.54) is 0 Å². The molecule has 1 aliphatic rings. The predicted octanol–water partition coefficient (Wildman–Crippen LogP) is -0.146. The molecule has 1 aliphatic heterocycles. The van der Waals surface area contributed by atoms with E-state index in [-0.39, 0.29) is 11.8 Å². The van der Waals surface area contributed by atoms with Gasteiger partial charge in [0.05, 0.1) is 12.5 Å². The first-order valence-electron chi connectivity index (χ1n) is 2.22. The molecule has 7 heavy (non-hydrogen) atoms. The Bertz CT molecular complexity index is 91.9. The summed E-state index contributed by atoms with van der Waals surface area (Å²) in [5.74, 6) is -0.120. The third-order valence-corrected chi connectivity index (χ3v) is 1.12. The molecule has 1 saturated heterocycles. The number of hydrogen-bond donors (Lipinski definition) is 1. The molecule has 1 amide bonds. The highest BCUT2D eigenvalue weighted by atomic mass is 16.5. The number of carbonyl (C=O) groups is 1. The lowest BCUT2D eigenvalue weighted by Crippen LogP contribution is -2.48. The van der Waals surface area contributed by atoms with Crippen LogP contribution in [0.3, 0.4) is 0 Å². The van der Waals surface area contributed by atoms with E-state index in [0.29, 0.717) is 6.54 Å². The molecule has 3 heteroatoms. The molecule has 0 aromatic rings. The second-order valence-electron chi connectivity index (χ2n) is 1.82. The van der Waals surface area contributed by atoms with Gasteiger partial charge in [0.25, 0.3) is 5.91 Å². The Labute approximate surface area is 41.5 Å². The van der Waals surface area contributed by atoms with Crippen LogP contribution in [0, 0.1) is 5.92 Å². The van der Waals surface area contributed by atoms with Crippen LogP contribution < -0.4 is 0 Å². The number of nitrogens with zero attached hydrogens (tertiary/aromatic N) is 1. The largest absolute Gasteiger partial charge is 0.286 e. The SMILES string of the molecule is CC1CN(O)C1=O. The summed E-state index contributed by atoms with van der Waals surface area (Å²) in [5.41, 5.74) is 0. The highest BCUT2D eigenvalue weighted by Gasteiger charge is 2.31. The molecule has 40 valence electrons. The summed E-state index contributed by atoms with van der Waals surface area (Å²) in [5, 5.41) is 9.10. The molecular formula is C4H7NO2. The third kappa shape index (κ3) is 0.489. The van der Waals surface area contributed by atoms with E-state index < -0.39 is 0 Å². The van der Waals surface area contributed by atoms with Crippen LogP contribution in [-0.4, -0.2) is 22.7 Å². The van der Waals surface area contributed by atoms with Crippen molar-refractivity contribution in [1.82, 2.24) is 5.06 Å². The van der Waals surface area contributed by atoms with Gasteiger partial charge < -0.3 is 0 Å². The minimum Gasteiger partial charge on any atom is -0.286 e. The number of hydroxylamine groups is 2. The van der Waals surface area contributed by atoms with Crippen LogP contribution in [0.2, 0.25) is 0 Å². The van der Waals surface area contributed by atoms with Gasteiger partial charge in [-0.25, -0.2) is 5.06 Å². The van der Waals surface area contributed by atoms with Crippen molar-refractivity contribution in [2.75, 3.05) is 6.54 Å². The monoisotopic (exact) mass is 101 g/mol. The summed E-state index contributed by atoms with van der Waals surface area (Å²) in [7, 11) is 0. The zero-order valence-corrected chi connectivity index (χ0v) is 4.09. The van der Waals surface area contributed by atoms with Crippen LogP contribution in [0.25, 0.3) is 0 Å².